The molecule has 3 heteroatoms. The molecule has 1 aliphatic heterocycles. The molecule has 0 radical (unpaired) electrons. The van der Waals surface area contributed by atoms with Crippen molar-refractivity contribution in [2.45, 2.75) is 105 Å². The Morgan fingerprint density at radius 1 is 0.909 bits per heavy atom. The number of Topliss-reactive ketones (excluding diaryl/α,β-unsaturated/α-hetero) is 1. The van der Waals surface area contributed by atoms with Crippen molar-refractivity contribution in [2.24, 2.45) is 56.7 Å². The number of hydrogen-bond acceptors (Lipinski definition) is 3. The van der Waals surface area contributed by atoms with Gasteiger partial charge < -0.3 is 4.74 Å². The summed E-state index contributed by atoms with van der Waals surface area (Å²) in [6.45, 7) is 16.7. The van der Waals surface area contributed by atoms with Gasteiger partial charge in [-0.15, -0.1) is 0 Å². The molecule has 1 heterocycles. The molecule has 3 nitrogen and oxygen atoms in total. The molecule has 0 aromatic carbocycles. The Kier molecular flexibility index (Phi) is 4.17. The van der Waals surface area contributed by atoms with Crippen LogP contribution in [0, 0.1) is 56.7 Å². The Bertz CT molecular complexity index is 964. The third-order valence-corrected chi connectivity index (χ3v) is 13.6. The van der Waals surface area contributed by atoms with E-state index in [0.717, 1.165) is 44.9 Å². The highest BCUT2D eigenvalue weighted by atomic mass is 16.6. The summed E-state index contributed by atoms with van der Waals surface area (Å²) in [6.07, 6.45) is 13.1. The Hall–Kier alpha value is -1.12. The van der Waals surface area contributed by atoms with Crippen LogP contribution < -0.4 is 0 Å². The molecule has 0 aromatic heterocycles. The van der Waals surface area contributed by atoms with Gasteiger partial charge in [0.05, 0.1) is 5.41 Å². The highest BCUT2D eigenvalue weighted by molar-refractivity contribution is 5.85. The molecule has 1 saturated heterocycles. The predicted octanol–water partition coefficient (Wildman–Crippen LogP) is 6.75. The van der Waals surface area contributed by atoms with Crippen LogP contribution in [0.2, 0.25) is 0 Å². The fourth-order valence-electron chi connectivity index (χ4n) is 11.2. The second kappa shape index (κ2) is 6.16. The quantitative estimate of drug-likeness (QED) is 0.302. The molecular formula is C30H44O3. The number of allylic oxidation sites excluding steroid dienone is 1. The van der Waals surface area contributed by atoms with Gasteiger partial charge in [-0.25, -0.2) is 0 Å². The number of rotatable bonds is 0. The lowest BCUT2D eigenvalue weighted by molar-refractivity contribution is -0.235. The Labute approximate surface area is 200 Å². The molecule has 0 N–H and O–H groups in total. The van der Waals surface area contributed by atoms with Gasteiger partial charge in [0.1, 0.15) is 11.4 Å². The van der Waals surface area contributed by atoms with Crippen molar-refractivity contribution < 1.29 is 14.3 Å². The molecule has 4 saturated carbocycles. The number of fused-ring (bicyclic) bond motifs is 4. The zero-order valence-electron chi connectivity index (χ0n) is 21.9. The summed E-state index contributed by atoms with van der Waals surface area (Å²) >= 11 is 0. The highest BCUT2D eigenvalue weighted by Crippen LogP contribution is 2.79. The van der Waals surface area contributed by atoms with E-state index in [1.807, 2.05) is 0 Å². The smallest absolute Gasteiger partial charge is 0.313 e. The van der Waals surface area contributed by atoms with E-state index in [4.69, 9.17) is 4.74 Å². The molecule has 4 unspecified atom stereocenters. The van der Waals surface area contributed by atoms with E-state index in [1.165, 1.54) is 0 Å². The van der Waals surface area contributed by atoms with Gasteiger partial charge in [0.15, 0.2) is 0 Å². The van der Waals surface area contributed by atoms with Crippen molar-refractivity contribution in [3.63, 3.8) is 0 Å². The predicted molar refractivity (Wildman–Crippen MR) is 129 cm³/mol. The topological polar surface area (TPSA) is 43.4 Å². The molecule has 33 heavy (non-hydrogen) atoms. The molecule has 5 aliphatic carbocycles. The van der Waals surface area contributed by atoms with Gasteiger partial charge in [0.2, 0.25) is 0 Å². The van der Waals surface area contributed by atoms with Crippen LogP contribution in [0.25, 0.3) is 0 Å². The highest BCUT2D eigenvalue weighted by Gasteiger charge is 2.80. The average molecular weight is 453 g/mol. The molecule has 6 aliphatic rings. The van der Waals surface area contributed by atoms with E-state index >= 15 is 0 Å². The first-order valence-electron chi connectivity index (χ1n) is 13.8. The Morgan fingerprint density at radius 2 is 1.64 bits per heavy atom. The zero-order chi connectivity index (χ0) is 23.8. The summed E-state index contributed by atoms with van der Waals surface area (Å²) in [5.74, 6) is 2.83. The van der Waals surface area contributed by atoms with Crippen molar-refractivity contribution in [2.75, 3.05) is 0 Å². The van der Waals surface area contributed by atoms with Gasteiger partial charge in [-0.2, -0.15) is 0 Å². The van der Waals surface area contributed by atoms with Crippen molar-refractivity contribution in [1.29, 1.82) is 0 Å². The summed E-state index contributed by atoms with van der Waals surface area (Å²) in [5.41, 5.74) is -0.850. The molecule has 0 amide bonds. The molecule has 2 bridgehead atoms. The minimum absolute atomic E-state index is 0.0648. The SMILES string of the molecule is C[C@@H]1CC[C@@]23CCC4(C)[C@@](C=CC5[C@@]6(C)CCC(=O)C(C)(C)C6CC[C@]54C)(OC2=O)C3[C@H]1C. The summed E-state index contributed by atoms with van der Waals surface area (Å²) in [5, 5.41) is 0. The van der Waals surface area contributed by atoms with Crippen LogP contribution in [0.3, 0.4) is 0 Å². The molecule has 0 aromatic rings. The molecule has 10 atom stereocenters. The fourth-order valence-corrected chi connectivity index (χ4v) is 11.2. The van der Waals surface area contributed by atoms with Gasteiger partial charge in [0, 0.05) is 23.2 Å². The van der Waals surface area contributed by atoms with Crippen molar-refractivity contribution >= 4 is 11.8 Å². The number of esters is 1. The van der Waals surface area contributed by atoms with Gasteiger partial charge in [-0.3, -0.25) is 9.59 Å². The van der Waals surface area contributed by atoms with Gasteiger partial charge in [-0.1, -0.05) is 54.5 Å². The summed E-state index contributed by atoms with van der Waals surface area (Å²) in [4.78, 5) is 26.6. The van der Waals surface area contributed by atoms with Crippen LogP contribution >= 0.6 is 0 Å². The lowest BCUT2D eigenvalue weighted by Gasteiger charge is -2.71. The Morgan fingerprint density at radius 3 is 2.36 bits per heavy atom. The van der Waals surface area contributed by atoms with E-state index < -0.39 is 5.60 Å². The number of ketones is 1. The fraction of sp³-hybridized carbons (Fsp3) is 0.867. The van der Waals surface area contributed by atoms with Crippen molar-refractivity contribution in [1.82, 2.24) is 0 Å². The Balaban J connectivity index is 1.52. The molecule has 5 fully saturated rings. The summed E-state index contributed by atoms with van der Waals surface area (Å²) in [7, 11) is 0. The van der Waals surface area contributed by atoms with Crippen molar-refractivity contribution in [3.05, 3.63) is 12.2 Å². The molecule has 182 valence electrons. The van der Waals surface area contributed by atoms with E-state index in [2.05, 4.69) is 60.6 Å². The second-order valence-electron chi connectivity index (χ2n) is 14.5. The van der Waals surface area contributed by atoms with E-state index in [-0.39, 0.29) is 33.0 Å². The van der Waals surface area contributed by atoms with Crippen LogP contribution in [0.4, 0.5) is 0 Å². The maximum Gasteiger partial charge on any atom is 0.313 e. The molecule has 1 spiro atoms. The van der Waals surface area contributed by atoms with Crippen LogP contribution in [0.1, 0.15) is 99.8 Å². The maximum atomic E-state index is 13.6. The molecular weight excluding hydrogens is 408 g/mol. The van der Waals surface area contributed by atoms with E-state index in [9.17, 15) is 9.59 Å². The second-order valence-corrected chi connectivity index (χ2v) is 14.5. The summed E-state index contributed by atoms with van der Waals surface area (Å²) < 4.78 is 6.70. The third kappa shape index (κ3) is 2.17. The third-order valence-electron chi connectivity index (χ3n) is 13.6. The largest absolute Gasteiger partial charge is 0.453 e. The summed E-state index contributed by atoms with van der Waals surface area (Å²) in [6, 6.07) is 0. The number of hydrogen-bond donors (Lipinski definition) is 0. The van der Waals surface area contributed by atoms with E-state index in [0.29, 0.717) is 41.8 Å². The first-order chi connectivity index (χ1) is 15.3. The monoisotopic (exact) mass is 452 g/mol. The lowest BCUT2D eigenvalue weighted by atomic mass is 9.32. The van der Waals surface area contributed by atoms with Gasteiger partial charge in [-0.05, 0) is 85.5 Å². The molecule has 6 rings (SSSR count). The van der Waals surface area contributed by atoms with Crippen LogP contribution in [0.15, 0.2) is 12.2 Å². The normalized spacial score (nSPS) is 58.6. The lowest BCUT2D eigenvalue weighted by Crippen LogP contribution is -2.70. The number of ether oxygens (including phenoxy) is 1. The minimum atomic E-state index is -0.467. The van der Waals surface area contributed by atoms with Crippen molar-refractivity contribution in [3.8, 4) is 0 Å². The van der Waals surface area contributed by atoms with E-state index in [1.54, 1.807) is 0 Å². The van der Waals surface area contributed by atoms with Crippen LogP contribution in [0.5, 0.6) is 0 Å². The first kappa shape index (κ1) is 22.4. The maximum absolute atomic E-state index is 13.6. The minimum Gasteiger partial charge on any atom is -0.453 e. The van der Waals surface area contributed by atoms with Gasteiger partial charge >= 0.3 is 5.97 Å². The van der Waals surface area contributed by atoms with Gasteiger partial charge in [0.25, 0.3) is 0 Å². The van der Waals surface area contributed by atoms with Crippen LogP contribution in [-0.4, -0.2) is 17.4 Å². The average Bonchev–Trinajstić information content (AvgIpc) is 2.95. The van der Waals surface area contributed by atoms with Crippen LogP contribution in [-0.2, 0) is 14.3 Å². The first-order valence-corrected chi connectivity index (χ1v) is 13.8. The standard InChI is InChI=1S/C30H44O3/c1-18-8-14-29-17-16-28(7)27(6)13-9-20-25(3,4)22(31)11-12-26(20,5)21(27)10-15-30(28,33-24(29)32)23(29)19(18)2/h10,15,18-21,23H,8-9,11-14,16-17H2,1-7H3/t18-,19+,20?,21?,23?,26+,27-,28?,29+,30+/m1/s1. The number of carbonyl (C=O) groups excluding carboxylic acids is 2. The zero-order valence-corrected chi connectivity index (χ0v) is 21.9. The number of carbonyl (C=O) groups is 2.